The van der Waals surface area contributed by atoms with Crippen LogP contribution in [0.4, 0.5) is 5.69 Å². The van der Waals surface area contributed by atoms with E-state index in [0.29, 0.717) is 16.5 Å². The van der Waals surface area contributed by atoms with E-state index in [1.54, 1.807) is 48.5 Å². The quantitative estimate of drug-likeness (QED) is 0.354. The maximum Gasteiger partial charge on any atom is 0.360 e. The summed E-state index contributed by atoms with van der Waals surface area (Å²) in [4.78, 5) is 40.9. The third kappa shape index (κ3) is 5.31. The Hall–Kier alpha value is -4.77. The first-order valence-electron chi connectivity index (χ1n) is 11.5. The molecule has 1 unspecified atom stereocenters. The lowest BCUT2D eigenvalue weighted by Crippen LogP contribution is -2.41. The van der Waals surface area contributed by atoms with Crippen LogP contribution in [0.15, 0.2) is 89.7 Å². The summed E-state index contributed by atoms with van der Waals surface area (Å²) in [5.74, 6) is -1.28. The van der Waals surface area contributed by atoms with E-state index in [1.807, 2.05) is 42.5 Å². The van der Waals surface area contributed by atoms with Gasteiger partial charge in [-0.2, -0.15) is 10.4 Å². The van der Waals surface area contributed by atoms with E-state index in [4.69, 9.17) is 10.00 Å². The SMILES string of the molecule is CC(OC(=O)c1nn(Cc2ccccc2)c(=O)c2ccccc12)C(=O)N(CCC#N)c1ccccc1. The molecule has 0 radical (unpaired) electrons. The fourth-order valence-corrected chi connectivity index (χ4v) is 3.87. The molecule has 180 valence electrons. The van der Waals surface area contributed by atoms with Crippen molar-refractivity contribution in [2.45, 2.75) is 26.0 Å². The van der Waals surface area contributed by atoms with Crippen molar-refractivity contribution in [3.05, 3.63) is 107 Å². The first kappa shape index (κ1) is 24.4. The normalized spacial score (nSPS) is 11.4. The van der Waals surface area contributed by atoms with Crippen LogP contribution in [0, 0.1) is 11.3 Å². The molecule has 8 nitrogen and oxygen atoms in total. The number of ether oxygens (including phenoxy) is 1. The lowest BCUT2D eigenvalue weighted by molar-refractivity contribution is -0.126. The number of carbonyl (C=O) groups is 2. The van der Waals surface area contributed by atoms with Gasteiger partial charge in [-0.05, 0) is 30.7 Å². The molecule has 0 spiro atoms. The summed E-state index contributed by atoms with van der Waals surface area (Å²) in [6.45, 7) is 1.81. The maximum atomic E-state index is 13.2. The van der Waals surface area contributed by atoms with Crippen LogP contribution in [0.3, 0.4) is 0 Å². The van der Waals surface area contributed by atoms with Crippen LogP contribution in [0.2, 0.25) is 0 Å². The molecule has 0 N–H and O–H groups in total. The van der Waals surface area contributed by atoms with Crippen LogP contribution in [-0.2, 0) is 16.1 Å². The predicted molar refractivity (Wildman–Crippen MR) is 135 cm³/mol. The molecule has 1 atom stereocenters. The van der Waals surface area contributed by atoms with Gasteiger partial charge in [0.1, 0.15) is 0 Å². The van der Waals surface area contributed by atoms with Crippen LogP contribution in [0.1, 0.15) is 29.4 Å². The summed E-state index contributed by atoms with van der Waals surface area (Å²) in [7, 11) is 0. The van der Waals surface area contributed by atoms with E-state index in [9.17, 15) is 14.4 Å². The summed E-state index contributed by atoms with van der Waals surface area (Å²) in [6.07, 6.45) is -1.02. The molecule has 0 saturated heterocycles. The Morgan fingerprint density at radius 3 is 2.25 bits per heavy atom. The van der Waals surface area contributed by atoms with Crippen LogP contribution in [0.5, 0.6) is 0 Å². The molecule has 1 aromatic heterocycles. The summed E-state index contributed by atoms with van der Waals surface area (Å²) in [5.41, 5.74) is 1.06. The Bertz CT molecular complexity index is 1480. The monoisotopic (exact) mass is 480 g/mol. The van der Waals surface area contributed by atoms with Gasteiger partial charge in [-0.1, -0.05) is 66.7 Å². The topological polar surface area (TPSA) is 105 Å². The molecule has 0 aliphatic carbocycles. The lowest BCUT2D eigenvalue weighted by atomic mass is 10.1. The minimum absolute atomic E-state index is 0.0518. The average molecular weight is 481 g/mol. The lowest BCUT2D eigenvalue weighted by Gasteiger charge is -2.25. The van der Waals surface area contributed by atoms with E-state index >= 15 is 0 Å². The van der Waals surface area contributed by atoms with Gasteiger partial charge in [0.2, 0.25) is 0 Å². The number of amides is 1. The molecule has 1 heterocycles. The Balaban J connectivity index is 1.64. The van der Waals surface area contributed by atoms with E-state index in [1.165, 1.54) is 16.5 Å². The van der Waals surface area contributed by atoms with Crippen LogP contribution in [0.25, 0.3) is 10.8 Å². The highest BCUT2D eigenvalue weighted by atomic mass is 16.5. The molecule has 3 aromatic carbocycles. The molecule has 4 aromatic rings. The van der Waals surface area contributed by atoms with Crippen LogP contribution in [-0.4, -0.2) is 34.3 Å². The first-order chi connectivity index (χ1) is 17.5. The van der Waals surface area contributed by atoms with Gasteiger partial charge in [0, 0.05) is 17.6 Å². The Labute approximate surface area is 208 Å². The third-order valence-electron chi connectivity index (χ3n) is 5.65. The largest absolute Gasteiger partial charge is 0.448 e. The number of rotatable bonds is 8. The Morgan fingerprint density at radius 1 is 0.972 bits per heavy atom. The van der Waals surface area contributed by atoms with Crippen molar-refractivity contribution in [3.63, 3.8) is 0 Å². The number of carbonyl (C=O) groups excluding carboxylic acids is 2. The molecule has 0 fully saturated rings. The van der Waals surface area contributed by atoms with Crippen molar-refractivity contribution >= 4 is 28.3 Å². The number of esters is 1. The van der Waals surface area contributed by atoms with Crippen molar-refractivity contribution in [1.82, 2.24) is 9.78 Å². The number of benzene rings is 3. The minimum atomic E-state index is -1.15. The highest BCUT2D eigenvalue weighted by Gasteiger charge is 2.27. The zero-order chi connectivity index (χ0) is 25.5. The van der Waals surface area contributed by atoms with E-state index in [2.05, 4.69) is 5.10 Å². The summed E-state index contributed by atoms with van der Waals surface area (Å²) in [5, 5.41) is 14.0. The predicted octanol–water partition coefficient (Wildman–Crippen LogP) is 3.94. The summed E-state index contributed by atoms with van der Waals surface area (Å²) in [6, 6.07) is 26.9. The highest BCUT2D eigenvalue weighted by Crippen LogP contribution is 2.19. The van der Waals surface area contributed by atoms with Gasteiger partial charge in [0.15, 0.2) is 11.8 Å². The van der Waals surface area contributed by atoms with Crippen molar-refractivity contribution < 1.29 is 14.3 Å². The highest BCUT2D eigenvalue weighted by molar-refractivity contribution is 6.04. The fourth-order valence-electron chi connectivity index (χ4n) is 3.87. The number of nitrogens with zero attached hydrogens (tertiary/aromatic N) is 4. The zero-order valence-corrected chi connectivity index (χ0v) is 19.7. The molecular formula is C28H24N4O4. The molecule has 36 heavy (non-hydrogen) atoms. The Kier molecular flexibility index (Phi) is 7.51. The minimum Gasteiger partial charge on any atom is -0.448 e. The van der Waals surface area contributed by atoms with Gasteiger partial charge in [-0.15, -0.1) is 0 Å². The van der Waals surface area contributed by atoms with Crippen molar-refractivity contribution in [2.75, 3.05) is 11.4 Å². The van der Waals surface area contributed by atoms with Crippen molar-refractivity contribution in [1.29, 1.82) is 5.26 Å². The van der Waals surface area contributed by atoms with Gasteiger partial charge >= 0.3 is 5.97 Å². The smallest absolute Gasteiger partial charge is 0.360 e. The average Bonchev–Trinajstić information content (AvgIpc) is 2.91. The number of hydrogen-bond donors (Lipinski definition) is 0. The number of hydrogen-bond acceptors (Lipinski definition) is 6. The van der Waals surface area contributed by atoms with E-state index in [0.717, 1.165) is 5.56 Å². The van der Waals surface area contributed by atoms with Crippen molar-refractivity contribution in [3.8, 4) is 6.07 Å². The van der Waals surface area contributed by atoms with Crippen LogP contribution >= 0.6 is 0 Å². The van der Waals surface area contributed by atoms with Crippen LogP contribution < -0.4 is 10.5 Å². The molecule has 0 aliphatic heterocycles. The fraction of sp³-hybridized carbons (Fsp3) is 0.179. The Morgan fingerprint density at radius 2 is 1.58 bits per heavy atom. The molecule has 1 amide bonds. The maximum absolute atomic E-state index is 13.2. The molecule has 8 heteroatoms. The third-order valence-corrected chi connectivity index (χ3v) is 5.65. The molecule has 4 rings (SSSR count). The number of para-hydroxylation sites is 1. The molecule has 0 aliphatic rings. The van der Waals surface area contributed by atoms with Gasteiger partial charge in [0.05, 0.1) is 24.4 Å². The number of aromatic nitrogens is 2. The number of fused-ring (bicyclic) bond motifs is 1. The van der Waals surface area contributed by atoms with Gasteiger partial charge in [-0.3, -0.25) is 9.59 Å². The number of nitriles is 1. The zero-order valence-electron chi connectivity index (χ0n) is 19.7. The molecular weight excluding hydrogens is 456 g/mol. The van der Waals surface area contributed by atoms with E-state index in [-0.39, 0.29) is 30.8 Å². The summed E-state index contributed by atoms with van der Waals surface area (Å²) >= 11 is 0. The molecule has 0 bridgehead atoms. The second kappa shape index (κ2) is 11.1. The number of anilines is 1. The van der Waals surface area contributed by atoms with Crippen molar-refractivity contribution in [2.24, 2.45) is 0 Å². The standard InChI is InChI=1S/C28H24N4O4/c1-20(26(33)31(18-10-17-29)22-13-6-3-7-14-22)36-28(35)25-23-15-8-9-16-24(23)27(34)32(30-25)19-21-11-4-2-5-12-21/h2-9,11-16,20H,10,18-19H2,1H3. The molecule has 0 saturated carbocycles. The van der Waals surface area contributed by atoms with Gasteiger partial charge in [-0.25, -0.2) is 9.48 Å². The van der Waals surface area contributed by atoms with Gasteiger partial charge in [0.25, 0.3) is 11.5 Å². The second-order valence-electron chi connectivity index (χ2n) is 8.12. The second-order valence-corrected chi connectivity index (χ2v) is 8.12. The summed E-state index contributed by atoms with van der Waals surface area (Å²) < 4.78 is 6.77. The first-order valence-corrected chi connectivity index (χ1v) is 11.5. The van der Waals surface area contributed by atoms with Gasteiger partial charge < -0.3 is 9.64 Å². The van der Waals surface area contributed by atoms with E-state index < -0.39 is 18.0 Å².